The number of hydrogen-bond donors (Lipinski definition) is 0. The zero-order chi connectivity index (χ0) is 12.9. The lowest BCUT2D eigenvalue weighted by Gasteiger charge is -1.98. The summed E-state index contributed by atoms with van der Waals surface area (Å²) in [5.41, 5.74) is 2.38. The molecule has 0 heterocycles. The van der Waals surface area contributed by atoms with Crippen LogP contribution in [0.25, 0.3) is 0 Å². The van der Waals surface area contributed by atoms with E-state index in [-0.39, 0.29) is 0 Å². The molecule has 0 N–H and O–H groups in total. The van der Waals surface area contributed by atoms with Gasteiger partial charge in [0.2, 0.25) is 0 Å². The van der Waals surface area contributed by atoms with Crippen LogP contribution in [0, 0.1) is 0 Å². The predicted molar refractivity (Wildman–Crippen MR) is 73.4 cm³/mol. The van der Waals surface area contributed by atoms with Crippen molar-refractivity contribution in [2.75, 3.05) is 14.1 Å². The minimum Gasteiger partial charge on any atom is -0.384 e. The van der Waals surface area contributed by atoms with Gasteiger partial charge in [-0.15, -0.1) is 0 Å². The van der Waals surface area contributed by atoms with Crippen molar-refractivity contribution < 1.29 is 0 Å². The number of rotatable bonds is 3. The summed E-state index contributed by atoms with van der Waals surface area (Å²) in [4.78, 5) is 5.68. The van der Waals surface area contributed by atoms with E-state index in [1.54, 1.807) is 6.20 Å². The van der Waals surface area contributed by atoms with Crippen molar-refractivity contribution >= 4 is 6.72 Å². The molecule has 0 aliphatic heterocycles. The molecule has 0 amide bonds. The van der Waals surface area contributed by atoms with Gasteiger partial charge in [-0.05, 0) is 33.2 Å². The van der Waals surface area contributed by atoms with Crippen LogP contribution < -0.4 is 0 Å². The van der Waals surface area contributed by atoms with E-state index in [1.165, 1.54) is 5.57 Å². The zero-order valence-corrected chi connectivity index (χ0v) is 11.6. The maximum Gasteiger partial charge on any atom is 0.0354 e. The largest absolute Gasteiger partial charge is 0.384 e. The summed E-state index contributed by atoms with van der Waals surface area (Å²) in [6, 6.07) is 0. The summed E-state index contributed by atoms with van der Waals surface area (Å²) in [5.74, 6) is 0. The van der Waals surface area contributed by atoms with Crippen molar-refractivity contribution in [1.82, 2.24) is 4.90 Å². The van der Waals surface area contributed by atoms with Gasteiger partial charge in [-0.3, -0.25) is 4.99 Å². The van der Waals surface area contributed by atoms with Gasteiger partial charge in [0.05, 0.1) is 0 Å². The van der Waals surface area contributed by atoms with Gasteiger partial charge < -0.3 is 4.90 Å². The van der Waals surface area contributed by atoms with Crippen molar-refractivity contribution in [2.24, 2.45) is 4.99 Å². The molecule has 0 radical (unpaired) electrons. The van der Waals surface area contributed by atoms with E-state index in [2.05, 4.69) is 32.1 Å². The summed E-state index contributed by atoms with van der Waals surface area (Å²) in [7, 11) is 3.88. The van der Waals surface area contributed by atoms with Crippen LogP contribution in [0.15, 0.2) is 29.0 Å². The SMILES string of the molecule is C=CN(C)C.C=N/C(C)=C(/C)CC.CC. The highest BCUT2D eigenvalue weighted by Gasteiger charge is 1.86. The fourth-order valence-corrected chi connectivity index (χ4v) is 0.391. The van der Waals surface area contributed by atoms with Crippen LogP contribution in [0.2, 0.25) is 0 Å². The molecule has 0 saturated carbocycles. The molecule has 0 aromatic rings. The second-order valence-corrected chi connectivity index (χ2v) is 3.02. The Balaban J connectivity index is -0.000000177. The second-order valence-electron chi connectivity index (χ2n) is 3.02. The second kappa shape index (κ2) is 15.4. The van der Waals surface area contributed by atoms with Crippen LogP contribution >= 0.6 is 0 Å². The van der Waals surface area contributed by atoms with Crippen LogP contribution in [0.1, 0.15) is 41.0 Å². The molecule has 0 aromatic carbocycles. The third kappa shape index (κ3) is 19.4. The molecule has 0 unspecified atom stereocenters. The predicted octanol–water partition coefficient (Wildman–Crippen LogP) is 4.11. The van der Waals surface area contributed by atoms with Crippen molar-refractivity contribution in [3.8, 4) is 0 Å². The minimum absolute atomic E-state index is 1.06. The van der Waals surface area contributed by atoms with Gasteiger partial charge in [0.1, 0.15) is 0 Å². The van der Waals surface area contributed by atoms with Gasteiger partial charge in [-0.2, -0.15) is 0 Å². The highest BCUT2D eigenvalue weighted by molar-refractivity contribution is 5.29. The fraction of sp³-hybridized carbons (Fsp3) is 0.615. The Morgan fingerprint density at radius 3 is 1.67 bits per heavy atom. The molecule has 0 fully saturated rings. The minimum atomic E-state index is 1.06. The van der Waals surface area contributed by atoms with E-state index < -0.39 is 0 Å². The lowest BCUT2D eigenvalue weighted by Crippen LogP contribution is -1.97. The molecule has 2 nitrogen and oxygen atoms in total. The summed E-state index contributed by atoms with van der Waals surface area (Å²) < 4.78 is 0. The molecule has 0 bridgehead atoms. The molecule has 0 spiro atoms. The molecule has 0 saturated heterocycles. The Bertz CT molecular complexity index is 179. The van der Waals surface area contributed by atoms with Crippen LogP contribution in [0.4, 0.5) is 0 Å². The first kappa shape index (κ1) is 19.5. The van der Waals surface area contributed by atoms with Crippen LogP contribution in [-0.2, 0) is 0 Å². The monoisotopic (exact) mass is 212 g/mol. The average Bonchev–Trinajstić information content (AvgIpc) is 2.30. The quantitative estimate of drug-likeness (QED) is 0.643. The molecule has 0 atom stereocenters. The lowest BCUT2D eigenvalue weighted by molar-refractivity contribution is 0.566. The van der Waals surface area contributed by atoms with Crippen molar-refractivity contribution in [3.63, 3.8) is 0 Å². The molecule has 0 aliphatic carbocycles. The Labute approximate surface area is 96.4 Å². The first-order chi connectivity index (χ1) is 6.99. The van der Waals surface area contributed by atoms with E-state index in [1.807, 2.05) is 39.8 Å². The summed E-state index contributed by atoms with van der Waals surface area (Å²) >= 11 is 0. The number of hydrogen-bond acceptors (Lipinski definition) is 2. The van der Waals surface area contributed by atoms with Gasteiger partial charge >= 0.3 is 0 Å². The van der Waals surface area contributed by atoms with E-state index in [0.717, 1.165) is 12.1 Å². The number of allylic oxidation sites excluding steroid dienone is 2. The van der Waals surface area contributed by atoms with Gasteiger partial charge in [-0.25, -0.2) is 0 Å². The van der Waals surface area contributed by atoms with E-state index >= 15 is 0 Å². The molecular formula is C13H28N2. The summed E-state index contributed by atoms with van der Waals surface area (Å²) in [6.45, 7) is 17.1. The van der Waals surface area contributed by atoms with E-state index in [4.69, 9.17) is 0 Å². The maximum atomic E-state index is 3.79. The van der Waals surface area contributed by atoms with E-state index in [0.29, 0.717) is 0 Å². The third-order valence-electron chi connectivity index (χ3n) is 1.75. The number of nitrogens with zero attached hydrogens (tertiary/aromatic N) is 2. The molecule has 2 heteroatoms. The van der Waals surface area contributed by atoms with Gasteiger partial charge in [0, 0.05) is 19.8 Å². The van der Waals surface area contributed by atoms with E-state index in [9.17, 15) is 0 Å². The maximum absolute atomic E-state index is 3.79. The normalized spacial score (nSPS) is 9.53. The van der Waals surface area contributed by atoms with Gasteiger partial charge in [-0.1, -0.05) is 32.9 Å². The average molecular weight is 212 g/mol. The molecule has 0 aromatic heterocycles. The molecule has 90 valence electrons. The van der Waals surface area contributed by atoms with Crippen LogP contribution in [0.5, 0.6) is 0 Å². The van der Waals surface area contributed by atoms with Crippen molar-refractivity contribution in [1.29, 1.82) is 0 Å². The molecular weight excluding hydrogens is 184 g/mol. The Hall–Kier alpha value is -1.05. The topological polar surface area (TPSA) is 15.6 Å². The highest BCUT2D eigenvalue weighted by atomic mass is 15.0. The Kier molecular flexibility index (Phi) is 20.1. The first-order valence-corrected chi connectivity index (χ1v) is 5.41. The summed E-state index contributed by atoms with van der Waals surface area (Å²) in [6.07, 6.45) is 2.82. The molecule has 0 aliphatic rings. The highest BCUT2D eigenvalue weighted by Crippen LogP contribution is 2.06. The summed E-state index contributed by atoms with van der Waals surface area (Å²) in [5, 5.41) is 0. The van der Waals surface area contributed by atoms with Crippen LogP contribution in [0.3, 0.4) is 0 Å². The first-order valence-electron chi connectivity index (χ1n) is 5.41. The zero-order valence-electron chi connectivity index (χ0n) is 11.6. The lowest BCUT2D eigenvalue weighted by atomic mass is 10.2. The Morgan fingerprint density at radius 2 is 1.60 bits per heavy atom. The van der Waals surface area contributed by atoms with Crippen molar-refractivity contribution in [2.45, 2.75) is 41.0 Å². The standard InChI is InChI=1S/C7H13N.C4H9N.C2H6/c1-5-6(2)7(3)8-4;1-4-5(2)3;1-2/h4-5H2,1-3H3;4H,1H2,2-3H3;1-2H3/b7-6-;;. The third-order valence-corrected chi connectivity index (χ3v) is 1.75. The fourth-order valence-electron chi connectivity index (χ4n) is 0.391. The number of aliphatic imine (C=N–C) groups is 1. The van der Waals surface area contributed by atoms with Gasteiger partial charge in [0.15, 0.2) is 0 Å². The van der Waals surface area contributed by atoms with Gasteiger partial charge in [0.25, 0.3) is 0 Å². The van der Waals surface area contributed by atoms with Crippen molar-refractivity contribution in [3.05, 3.63) is 24.0 Å². The van der Waals surface area contributed by atoms with Crippen LogP contribution in [-0.4, -0.2) is 25.7 Å². The Morgan fingerprint density at radius 1 is 1.27 bits per heavy atom. The smallest absolute Gasteiger partial charge is 0.0354 e. The molecule has 0 rings (SSSR count). The molecule has 15 heavy (non-hydrogen) atoms.